The molecule has 0 bridgehead atoms. The molecule has 0 spiro atoms. The van der Waals surface area contributed by atoms with Crippen molar-refractivity contribution >= 4 is 28.9 Å². The van der Waals surface area contributed by atoms with E-state index in [1.807, 2.05) is 4.90 Å². The topological polar surface area (TPSA) is 114 Å². The summed E-state index contributed by atoms with van der Waals surface area (Å²) in [4.78, 5) is 39.7. The van der Waals surface area contributed by atoms with Crippen LogP contribution in [-0.4, -0.2) is 61.5 Å². The van der Waals surface area contributed by atoms with Gasteiger partial charge in [-0.05, 0) is 42.5 Å². The number of amides is 2. The molecule has 36 heavy (non-hydrogen) atoms. The number of piperazine rings is 1. The quantitative estimate of drug-likeness (QED) is 0.379. The predicted octanol–water partition coefficient (Wildman–Crippen LogP) is 3.58. The van der Waals surface area contributed by atoms with Gasteiger partial charge in [0.15, 0.2) is 6.61 Å². The van der Waals surface area contributed by atoms with Crippen LogP contribution in [0.3, 0.4) is 0 Å². The second-order valence-corrected chi connectivity index (χ2v) is 8.12. The number of anilines is 2. The van der Waals surface area contributed by atoms with E-state index in [0.717, 1.165) is 0 Å². The molecule has 4 rings (SSSR count). The van der Waals surface area contributed by atoms with Crippen molar-refractivity contribution in [3.63, 3.8) is 0 Å². The summed E-state index contributed by atoms with van der Waals surface area (Å²) in [5.74, 6) is 0.657. The van der Waals surface area contributed by atoms with E-state index in [9.17, 15) is 19.7 Å². The van der Waals surface area contributed by atoms with Crippen LogP contribution in [0.15, 0.2) is 72.8 Å². The smallest absolute Gasteiger partial charge is 0.292 e. The average Bonchev–Trinajstić information content (AvgIpc) is 2.92. The van der Waals surface area contributed by atoms with Crippen LogP contribution in [0, 0.1) is 10.1 Å². The molecule has 0 saturated carbocycles. The number of para-hydroxylation sites is 2. The molecule has 1 saturated heterocycles. The van der Waals surface area contributed by atoms with Crippen molar-refractivity contribution in [3.05, 3.63) is 88.5 Å². The normalized spacial score (nSPS) is 13.1. The second-order valence-electron chi connectivity index (χ2n) is 8.12. The Labute approximate surface area is 208 Å². The van der Waals surface area contributed by atoms with Crippen LogP contribution in [0.2, 0.25) is 0 Å². The van der Waals surface area contributed by atoms with Crippen LogP contribution in [0.4, 0.5) is 17.1 Å². The third kappa shape index (κ3) is 5.90. The van der Waals surface area contributed by atoms with Crippen molar-refractivity contribution in [2.75, 3.05) is 50.1 Å². The lowest BCUT2D eigenvalue weighted by molar-refractivity contribution is -0.384. The number of carbonyl (C=O) groups excluding carboxylic acids is 2. The van der Waals surface area contributed by atoms with Gasteiger partial charge in [0.2, 0.25) is 0 Å². The van der Waals surface area contributed by atoms with Crippen LogP contribution >= 0.6 is 0 Å². The van der Waals surface area contributed by atoms with Gasteiger partial charge >= 0.3 is 0 Å². The number of hydrogen-bond acceptors (Lipinski definition) is 7. The maximum atomic E-state index is 12.9. The number of nitrogens with zero attached hydrogens (tertiary/aromatic N) is 3. The number of methoxy groups -OCH3 is 1. The summed E-state index contributed by atoms with van der Waals surface area (Å²) in [5.41, 5.74) is 1.73. The lowest BCUT2D eigenvalue weighted by atomic mass is 10.1. The summed E-state index contributed by atoms with van der Waals surface area (Å²) in [6.45, 7) is 1.72. The standard InChI is InChI=1S/C26H26N4O6/c1-35-22-6-4-5-20(17-22)27-25(31)18-36-21-11-9-19(10-12-21)26(32)29-15-13-28(14-16-29)23-7-2-3-8-24(23)30(33)34/h2-12,17H,13-16,18H2,1H3,(H,27,31). The number of nitro benzene ring substituents is 1. The first-order valence-corrected chi connectivity index (χ1v) is 11.4. The molecule has 1 aliphatic heterocycles. The monoisotopic (exact) mass is 490 g/mol. The molecule has 0 aliphatic carbocycles. The number of carbonyl (C=O) groups is 2. The highest BCUT2D eigenvalue weighted by Crippen LogP contribution is 2.28. The van der Waals surface area contributed by atoms with Crippen molar-refractivity contribution in [2.45, 2.75) is 0 Å². The lowest BCUT2D eigenvalue weighted by Crippen LogP contribution is -2.48. The second kappa shape index (κ2) is 11.2. The van der Waals surface area contributed by atoms with Crippen LogP contribution < -0.4 is 19.7 Å². The van der Waals surface area contributed by atoms with Crippen LogP contribution in [-0.2, 0) is 4.79 Å². The Balaban J connectivity index is 1.28. The van der Waals surface area contributed by atoms with E-state index in [0.29, 0.717) is 54.6 Å². The minimum atomic E-state index is -0.390. The molecule has 1 fully saturated rings. The summed E-state index contributed by atoms with van der Waals surface area (Å²) < 4.78 is 10.7. The van der Waals surface area contributed by atoms with Crippen LogP contribution in [0.5, 0.6) is 11.5 Å². The molecule has 10 nitrogen and oxygen atoms in total. The van der Waals surface area contributed by atoms with Gasteiger partial charge in [-0.25, -0.2) is 0 Å². The molecular weight excluding hydrogens is 464 g/mol. The third-order valence-electron chi connectivity index (χ3n) is 5.81. The zero-order valence-corrected chi connectivity index (χ0v) is 19.8. The van der Waals surface area contributed by atoms with Gasteiger partial charge in [-0.3, -0.25) is 19.7 Å². The summed E-state index contributed by atoms with van der Waals surface area (Å²) in [7, 11) is 1.55. The first kappa shape index (κ1) is 24.5. The fourth-order valence-corrected chi connectivity index (χ4v) is 3.96. The number of nitro groups is 1. The number of ether oxygens (including phenoxy) is 2. The largest absolute Gasteiger partial charge is 0.497 e. The van der Waals surface area contributed by atoms with Crippen molar-refractivity contribution in [2.24, 2.45) is 0 Å². The van der Waals surface area contributed by atoms with Crippen LogP contribution in [0.25, 0.3) is 0 Å². The first-order chi connectivity index (χ1) is 17.4. The Morgan fingerprint density at radius 1 is 0.944 bits per heavy atom. The number of nitrogens with one attached hydrogen (secondary N) is 1. The summed E-state index contributed by atoms with van der Waals surface area (Å²) in [6, 6.07) is 20.3. The van der Waals surface area contributed by atoms with Gasteiger partial charge in [0.05, 0.1) is 12.0 Å². The molecule has 1 aliphatic rings. The summed E-state index contributed by atoms with van der Waals surface area (Å²) in [5, 5.41) is 14.1. The summed E-state index contributed by atoms with van der Waals surface area (Å²) >= 11 is 0. The molecule has 1 heterocycles. The molecule has 1 N–H and O–H groups in total. The third-order valence-corrected chi connectivity index (χ3v) is 5.81. The van der Waals surface area contributed by atoms with E-state index in [4.69, 9.17) is 9.47 Å². The number of benzene rings is 3. The Hall–Kier alpha value is -4.60. The van der Waals surface area contributed by atoms with Crippen molar-refractivity contribution < 1.29 is 24.0 Å². The fraction of sp³-hybridized carbons (Fsp3) is 0.231. The Kier molecular flexibility index (Phi) is 7.64. The van der Waals surface area contributed by atoms with Gasteiger partial charge < -0.3 is 24.6 Å². The molecule has 186 valence electrons. The average molecular weight is 491 g/mol. The molecule has 2 amide bonds. The molecule has 0 unspecified atom stereocenters. The molecular formula is C26H26N4O6. The van der Waals surface area contributed by atoms with Gasteiger partial charge in [-0.1, -0.05) is 18.2 Å². The Morgan fingerprint density at radius 2 is 1.67 bits per heavy atom. The van der Waals surface area contributed by atoms with Crippen LogP contribution in [0.1, 0.15) is 10.4 Å². The predicted molar refractivity (Wildman–Crippen MR) is 135 cm³/mol. The first-order valence-electron chi connectivity index (χ1n) is 11.4. The van der Waals surface area contributed by atoms with Crippen molar-refractivity contribution in [1.29, 1.82) is 0 Å². The molecule has 0 radical (unpaired) electrons. The highest BCUT2D eigenvalue weighted by Gasteiger charge is 2.26. The van der Waals surface area contributed by atoms with Gasteiger partial charge in [-0.2, -0.15) is 0 Å². The summed E-state index contributed by atoms with van der Waals surface area (Å²) in [6.07, 6.45) is 0. The zero-order valence-electron chi connectivity index (χ0n) is 19.8. The van der Waals surface area contributed by atoms with E-state index >= 15 is 0 Å². The van der Waals surface area contributed by atoms with E-state index < -0.39 is 0 Å². The fourth-order valence-electron chi connectivity index (χ4n) is 3.96. The molecule has 0 aromatic heterocycles. The minimum Gasteiger partial charge on any atom is -0.497 e. The lowest BCUT2D eigenvalue weighted by Gasteiger charge is -2.35. The molecule has 10 heteroatoms. The van der Waals surface area contributed by atoms with Crippen molar-refractivity contribution in [1.82, 2.24) is 4.90 Å². The maximum Gasteiger partial charge on any atom is 0.292 e. The number of rotatable bonds is 8. The molecule has 3 aromatic carbocycles. The van der Waals surface area contributed by atoms with E-state index in [-0.39, 0.29) is 29.0 Å². The van der Waals surface area contributed by atoms with Gasteiger partial charge in [0.25, 0.3) is 17.5 Å². The Morgan fingerprint density at radius 3 is 2.36 bits per heavy atom. The van der Waals surface area contributed by atoms with E-state index in [2.05, 4.69) is 5.32 Å². The van der Waals surface area contributed by atoms with Gasteiger partial charge in [-0.15, -0.1) is 0 Å². The zero-order chi connectivity index (χ0) is 25.5. The highest BCUT2D eigenvalue weighted by atomic mass is 16.6. The van der Waals surface area contributed by atoms with Gasteiger partial charge in [0.1, 0.15) is 17.2 Å². The maximum absolute atomic E-state index is 12.9. The SMILES string of the molecule is COc1cccc(NC(=O)COc2ccc(C(=O)N3CCN(c4ccccc4[N+](=O)[O-])CC3)cc2)c1. The van der Waals surface area contributed by atoms with Crippen molar-refractivity contribution in [3.8, 4) is 11.5 Å². The Bertz CT molecular complexity index is 1240. The van der Waals surface area contributed by atoms with E-state index in [1.54, 1.807) is 78.7 Å². The molecule has 0 atom stereocenters. The number of hydrogen-bond donors (Lipinski definition) is 1. The van der Waals surface area contributed by atoms with Gasteiger partial charge in [0, 0.05) is 49.6 Å². The highest BCUT2D eigenvalue weighted by molar-refractivity contribution is 5.94. The minimum absolute atomic E-state index is 0.0602. The molecule has 3 aromatic rings. The van der Waals surface area contributed by atoms with E-state index in [1.165, 1.54) is 6.07 Å².